The molecule has 1 saturated heterocycles. The Bertz CT molecular complexity index is 734. The summed E-state index contributed by atoms with van der Waals surface area (Å²) in [6.07, 6.45) is -0.633. The first-order valence-electron chi connectivity index (χ1n) is 5.80. The van der Waals surface area contributed by atoms with Crippen molar-refractivity contribution in [1.29, 1.82) is 0 Å². The van der Waals surface area contributed by atoms with E-state index < -0.39 is 50.8 Å². The van der Waals surface area contributed by atoms with Gasteiger partial charge in [0, 0.05) is 24.6 Å². The maximum Gasteiger partial charge on any atom is 0.307 e. The van der Waals surface area contributed by atoms with Gasteiger partial charge in [-0.1, -0.05) is 0 Å². The second-order valence-corrected chi connectivity index (χ2v) is 6.22. The van der Waals surface area contributed by atoms with E-state index in [0.717, 1.165) is 17.0 Å². The fourth-order valence-electron chi connectivity index (χ4n) is 2.23. The van der Waals surface area contributed by atoms with Crippen molar-refractivity contribution in [2.45, 2.75) is 18.6 Å². The third kappa shape index (κ3) is 2.71. The first-order chi connectivity index (χ1) is 9.62. The number of rotatable bonds is 3. The van der Waals surface area contributed by atoms with Crippen LogP contribution >= 0.6 is 0 Å². The zero-order chi connectivity index (χ0) is 15.9. The molecule has 7 nitrogen and oxygen atoms in total. The van der Waals surface area contributed by atoms with Gasteiger partial charge in [-0.05, 0) is 13.0 Å². The van der Waals surface area contributed by atoms with Gasteiger partial charge in [0.2, 0.25) is 5.91 Å². The second kappa shape index (κ2) is 5.02. The van der Waals surface area contributed by atoms with Crippen LogP contribution in [-0.2, 0) is 15.0 Å². The number of nitro benzene ring substituents is 1. The number of hydrogen-bond acceptors (Lipinski definition) is 5. The lowest BCUT2D eigenvalue weighted by molar-refractivity contribution is -0.384. The van der Waals surface area contributed by atoms with Crippen LogP contribution in [0.25, 0.3) is 0 Å². The minimum absolute atomic E-state index is 0.172. The molecule has 0 N–H and O–H groups in total. The van der Waals surface area contributed by atoms with Crippen LogP contribution in [0.5, 0.6) is 0 Å². The molecule has 0 aromatic heterocycles. The zero-order valence-corrected chi connectivity index (χ0v) is 11.6. The third-order valence-corrected chi connectivity index (χ3v) is 4.41. The summed E-state index contributed by atoms with van der Waals surface area (Å²) in [7, 11) is -4.96. The van der Waals surface area contributed by atoms with E-state index in [1.165, 1.54) is 6.92 Å². The summed E-state index contributed by atoms with van der Waals surface area (Å²) in [5.41, 5.74) is -1.05. The minimum Gasteiger partial charge on any atom is -0.305 e. The molecule has 0 spiro atoms. The van der Waals surface area contributed by atoms with Gasteiger partial charge >= 0.3 is 10.2 Å². The van der Waals surface area contributed by atoms with Gasteiger partial charge in [-0.15, -0.1) is 3.89 Å². The van der Waals surface area contributed by atoms with Crippen LogP contribution in [0.2, 0.25) is 0 Å². The van der Waals surface area contributed by atoms with Crippen molar-refractivity contribution in [3.8, 4) is 0 Å². The number of benzene rings is 1. The molecule has 21 heavy (non-hydrogen) atoms. The van der Waals surface area contributed by atoms with Gasteiger partial charge < -0.3 is 4.90 Å². The fraction of sp³-hybridized carbons (Fsp3) is 0.364. The van der Waals surface area contributed by atoms with Crippen molar-refractivity contribution in [1.82, 2.24) is 0 Å². The van der Waals surface area contributed by atoms with E-state index in [1.807, 2.05) is 0 Å². The highest BCUT2D eigenvalue weighted by Gasteiger charge is 2.42. The van der Waals surface area contributed by atoms with E-state index in [2.05, 4.69) is 0 Å². The van der Waals surface area contributed by atoms with E-state index >= 15 is 0 Å². The Balaban J connectivity index is 2.55. The van der Waals surface area contributed by atoms with Crippen molar-refractivity contribution in [2.75, 3.05) is 11.4 Å². The molecular formula is C11H10F2N2O5S. The summed E-state index contributed by atoms with van der Waals surface area (Å²) < 4.78 is 48.3. The molecule has 1 aliphatic heterocycles. The summed E-state index contributed by atoms with van der Waals surface area (Å²) in [6, 6.07) is 1.75. The molecule has 114 valence electrons. The Morgan fingerprint density at radius 2 is 2.05 bits per heavy atom. The molecule has 1 unspecified atom stereocenters. The molecule has 1 aliphatic rings. The molecule has 1 amide bonds. The Labute approximate surface area is 118 Å². The summed E-state index contributed by atoms with van der Waals surface area (Å²) >= 11 is 0. The number of hydrogen-bond donors (Lipinski definition) is 0. The second-order valence-electron chi connectivity index (χ2n) is 4.60. The maximum atomic E-state index is 13.6. The van der Waals surface area contributed by atoms with Gasteiger partial charge in [-0.25, -0.2) is 4.39 Å². The molecule has 10 heteroatoms. The number of amides is 1. The lowest BCUT2D eigenvalue weighted by atomic mass is 10.1. The number of carbonyl (C=O) groups is 1. The van der Waals surface area contributed by atoms with Crippen LogP contribution in [0.1, 0.15) is 12.0 Å². The number of halogens is 2. The van der Waals surface area contributed by atoms with Crippen molar-refractivity contribution in [3.05, 3.63) is 33.6 Å². The van der Waals surface area contributed by atoms with Crippen LogP contribution in [0, 0.1) is 22.9 Å². The standard InChI is InChI=1S/C11H10F2N2O5S/c1-6-8(12)2-3-9(15(17)18)11(6)14-5-7(4-10(14)16)21(13,19)20/h2-3,7H,4-5H2,1H3. The van der Waals surface area contributed by atoms with Gasteiger partial charge in [0.15, 0.2) is 0 Å². The van der Waals surface area contributed by atoms with Crippen LogP contribution in [0.3, 0.4) is 0 Å². The molecule has 2 rings (SSSR count). The van der Waals surface area contributed by atoms with Gasteiger partial charge in [0.25, 0.3) is 5.69 Å². The number of carbonyl (C=O) groups excluding carboxylic acids is 1. The van der Waals surface area contributed by atoms with Crippen molar-refractivity contribution >= 4 is 27.5 Å². The molecule has 0 bridgehead atoms. The summed E-state index contributed by atoms with van der Waals surface area (Å²) in [5, 5.41) is 9.38. The summed E-state index contributed by atoms with van der Waals surface area (Å²) in [6.45, 7) is 0.644. The predicted octanol–water partition coefficient (Wildman–Crippen LogP) is 1.45. The van der Waals surface area contributed by atoms with E-state index in [0.29, 0.717) is 0 Å². The number of nitro groups is 1. The Hall–Kier alpha value is -2.10. The normalized spacial score (nSPS) is 19.1. The van der Waals surface area contributed by atoms with E-state index in [4.69, 9.17) is 0 Å². The smallest absolute Gasteiger partial charge is 0.305 e. The molecule has 1 heterocycles. The van der Waals surface area contributed by atoms with Crippen molar-refractivity contribution < 1.29 is 26.4 Å². The van der Waals surface area contributed by atoms with E-state index in [1.54, 1.807) is 0 Å². The largest absolute Gasteiger partial charge is 0.307 e. The highest BCUT2D eigenvalue weighted by molar-refractivity contribution is 7.87. The molecule has 1 aromatic carbocycles. The van der Waals surface area contributed by atoms with Crippen molar-refractivity contribution in [2.24, 2.45) is 0 Å². The highest BCUT2D eigenvalue weighted by atomic mass is 32.3. The molecular weight excluding hydrogens is 310 g/mol. The van der Waals surface area contributed by atoms with Crippen molar-refractivity contribution in [3.63, 3.8) is 0 Å². The Kier molecular flexibility index (Phi) is 3.66. The van der Waals surface area contributed by atoms with Crippen LogP contribution in [0.4, 0.5) is 19.7 Å². The SMILES string of the molecule is Cc1c(F)ccc([N+](=O)[O-])c1N1CC(S(=O)(=O)F)CC1=O. The summed E-state index contributed by atoms with van der Waals surface area (Å²) in [4.78, 5) is 22.7. The Morgan fingerprint density at radius 3 is 2.52 bits per heavy atom. The van der Waals surface area contributed by atoms with E-state index in [-0.39, 0.29) is 11.3 Å². The molecule has 0 aliphatic carbocycles. The van der Waals surface area contributed by atoms with Gasteiger partial charge in [0.05, 0.1) is 4.92 Å². The van der Waals surface area contributed by atoms with Crippen LogP contribution in [0.15, 0.2) is 12.1 Å². The minimum atomic E-state index is -4.96. The fourth-order valence-corrected chi connectivity index (χ4v) is 2.90. The zero-order valence-electron chi connectivity index (χ0n) is 10.7. The molecule has 0 saturated carbocycles. The molecule has 1 fully saturated rings. The third-order valence-electron chi connectivity index (χ3n) is 3.30. The maximum absolute atomic E-state index is 13.6. The van der Waals surface area contributed by atoms with Gasteiger partial charge in [-0.2, -0.15) is 8.42 Å². The lowest BCUT2D eigenvalue weighted by Gasteiger charge is -2.18. The molecule has 1 aromatic rings. The van der Waals surface area contributed by atoms with Crippen LogP contribution < -0.4 is 4.90 Å². The average molecular weight is 320 g/mol. The highest BCUT2D eigenvalue weighted by Crippen LogP contribution is 2.36. The molecule has 0 radical (unpaired) electrons. The predicted molar refractivity (Wildman–Crippen MR) is 68.6 cm³/mol. The van der Waals surface area contributed by atoms with Gasteiger partial charge in [-0.3, -0.25) is 14.9 Å². The number of anilines is 1. The lowest BCUT2D eigenvalue weighted by Crippen LogP contribution is -2.28. The molecule has 1 atom stereocenters. The van der Waals surface area contributed by atoms with Crippen LogP contribution in [-0.4, -0.2) is 31.0 Å². The first kappa shape index (κ1) is 15.3. The summed E-state index contributed by atoms with van der Waals surface area (Å²) in [5.74, 6) is -1.59. The quantitative estimate of drug-likeness (QED) is 0.477. The average Bonchev–Trinajstić information content (AvgIpc) is 2.74. The number of nitrogens with zero attached hydrogens (tertiary/aromatic N) is 2. The topological polar surface area (TPSA) is 97.6 Å². The monoisotopic (exact) mass is 320 g/mol. The first-order valence-corrected chi connectivity index (χ1v) is 7.25. The van der Waals surface area contributed by atoms with Gasteiger partial charge in [0.1, 0.15) is 16.8 Å². The Morgan fingerprint density at radius 1 is 1.43 bits per heavy atom. The van der Waals surface area contributed by atoms with E-state index in [9.17, 15) is 31.6 Å².